The number of carbonyl (C=O) groups excluding carboxylic acids is 1. The predicted molar refractivity (Wildman–Crippen MR) is 76.5 cm³/mol. The summed E-state index contributed by atoms with van der Waals surface area (Å²) in [6.07, 6.45) is 2.17. The van der Waals surface area contributed by atoms with Gasteiger partial charge in [0.05, 0.1) is 12.7 Å². The molecule has 0 bridgehead atoms. The summed E-state index contributed by atoms with van der Waals surface area (Å²) < 4.78 is 4.90. The van der Waals surface area contributed by atoms with E-state index in [1.165, 1.54) is 31.0 Å². The van der Waals surface area contributed by atoms with E-state index >= 15 is 0 Å². The highest BCUT2D eigenvalue weighted by Crippen LogP contribution is 2.29. The monoisotopic (exact) mass is 299 g/mol. The zero-order valence-corrected chi connectivity index (χ0v) is 12.1. The maximum absolute atomic E-state index is 12.0. The van der Waals surface area contributed by atoms with Crippen LogP contribution in [0.15, 0.2) is 18.2 Å². The molecular weight excluding hydrogens is 282 g/mol. The van der Waals surface area contributed by atoms with Crippen LogP contribution in [0.3, 0.4) is 0 Å². The highest BCUT2D eigenvalue weighted by Gasteiger charge is 2.22. The molecule has 7 heteroatoms. The zero-order chi connectivity index (χ0) is 15.1. The fraction of sp³-hybridized carbons (Fsp3) is 0.385. The van der Waals surface area contributed by atoms with Crippen LogP contribution in [0.4, 0.5) is 0 Å². The number of amides is 1. The Bertz CT molecular complexity index is 492. The Hall–Kier alpha value is -1.89. The number of hydrogen-bond donors (Lipinski definition) is 3. The Balaban J connectivity index is 2.86. The highest BCUT2D eigenvalue weighted by atomic mass is 32.2. The number of aromatic hydroxyl groups is 1. The second-order valence-corrected chi connectivity index (χ2v) is 4.99. The predicted octanol–water partition coefficient (Wildman–Crippen LogP) is 1.34. The smallest absolute Gasteiger partial charge is 0.326 e. The Labute approximate surface area is 121 Å². The summed E-state index contributed by atoms with van der Waals surface area (Å²) in [5.74, 6) is -1.28. The molecule has 0 heterocycles. The molecule has 110 valence electrons. The Kier molecular flexibility index (Phi) is 6.17. The maximum atomic E-state index is 12.0. The number of methoxy groups -OCH3 is 1. The molecule has 0 aliphatic carbocycles. The number of benzene rings is 1. The van der Waals surface area contributed by atoms with Gasteiger partial charge in [-0.2, -0.15) is 11.8 Å². The van der Waals surface area contributed by atoms with Crippen molar-refractivity contribution in [3.8, 4) is 11.5 Å². The van der Waals surface area contributed by atoms with E-state index in [2.05, 4.69) is 5.32 Å². The van der Waals surface area contributed by atoms with Gasteiger partial charge in [-0.05, 0) is 30.6 Å². The van der Waals surface area contributed by atoms with Crippen LogP contribution in [-0.2, 0) is 4.79 Å². The van der Waals surface area contributed by atoms with Gasteiger partial charge in [0, 0.05) is 0 Å². The van der Waals surface area contributed by atoms with E-state index in [0.717, 1.165) is 0 Å². The summed E-state index contributed by atoms with van der Waals surface area (Å²) in [4.78, 5) is 23.1. The van der Waals surface area contributed by atoms with Gasteiger partial charge in [-0.25, -0.2) is 4.79 Å². The van der Waals surface area contributed by atoms with Gasteiger partial charge in [0.2, 0.25) is 0 Å². The van der Waals surface area contributed by atoms with Gasteiger partial charge in [0.1, 0.15) is 6.04 Å². The summed E-state index contributed by atoms with van der Waals surface area (Å²) in [5.41, 5.74) is -0.0141. The molecule has 1 amide bonds. The van der Waals surface area contributed by atoms with Gasteiger partial charge in [-0.3, -0.25) is 4.79 Å². The first kappa shape index (κ1) is 16.2. The molecule has 0 saturated carbocycles. The molecule has 3 N–H and O–H groups in total. The number of carboxylic acids is 1. The van der Waals surface area contributed by atoms with Crippen molar-refractivity contribution in [2.75, 3.05) is 19.1 Å². The van der Waals surface area contributed by atoms with Crippen molar-refractivity contribution < 1.29 is 24.5 Å². The molecule has 0 aliphatic heterocycles. The summed E-state index contributed by atoms with van der Waals surface area (Å²) in [6, 6.07) is 3.47. The fourth-order valence-electron chi connectivity index (χ4n) is 1.60. The normalized spacial score (nSPS) is 11.7. The summed E-state index contributed by atoms with van der Waals surface area (Å²) >= 11 is 1.50. The Morgan fingerprint density at radius 3 is 2.70 bits per heavy atom. The first-order valence-corrected chi connectivity index (χ1v) is 7.29. The molecule has 1 atom stereocenters. The number of aliphatic carboxylic acids is 1. The summed E-state index contributed by atoms with van der Waals surface area (Å²) in [7, 11) is 1.37. The van der Waals surface area contributed by atoms with E-state index in [-0.39, 0.29) is 17.1 Å². The van der Waals surface area contributed by atoms with Gasteiger partial charge < -0.3 is 20.3 Å². The quantitative estimate of drug-likeness (QED) is 0.703. The van der Waals surface area contributed by atoms with Crippen LogP contribution in [0.5, 0.6) is 11.5 Å². The van der Waals surface area contributed by atoms with Crippen LogP contribution in [-0.4, -0.2) is 47.2 Å². The van der Waals surface area contributed by atoms with Crippen LogP contribution in [0.2, 0.25) is 0 Å². The van der Waals surface area contributed by atoms with E-state index < -0.39 is 17.9 Å². The lowest BCUT2D eigenvalue weighted by molar-refractivity contribution is -0.139. The number of phenolic OH excluding ortho intramolecular Hbond substituents is 1. The average Bonchev–Trinajstić information content (AvgIpc) is 2.43. The van der Waals surface area contributed by atoms with E-state index in [9.17, 15) is 14.7 Å². The minimum Gasteiger partial charge on any atom is -0.504 e. The van der Waals surface area contributed by atoms with Crippen LogP contribution in [0.25, 0.3) is 0 Å². The van der Waals surface area contributed by atoms with Crippen molar-refractivity contribution in [2.24, 2.45) is 0 Å². The van der Waals surface area contributed by atoms with Crippen molar-refractivity contribution in [3.05, 3.63) is 23.8 Å². The van der Waals surface area contributed by atoms with Crippen molar-refractivity contribution in [2.45, 2.75) is 12.5 Å². The molecule has 1 aromatic rings. The lowest BCUT2D eigenvalue weighted by Gasteiger charge is -2.15. The number of carboxylic acid groups (broad SMARTS) is 1. The van der Waals surface area contributed by atoms with Crippen molar-refractivity contribution >= 4 is 23.6 Å². The minimum atomic E-state index is -1.10. The molecule has 1 rings (SSSR count). The standard InChI is InChI=1S/C13H17NO5S/c1-19-10-5-3-4-8(11(10)15)12(16)14-9(13(17)18)6-7-20-2/h3-5,9,15H,6-7H2,1-2H3,(H,14,16)(H,17,18). The number of para-hydroxylation sites is 1. The second kappa shape index (κ2) is 7.64. The number of hydrogen-bond acceptors (Lipinski definition) is 5. The number of rotatable bonds is 7. The van der Waals surface area contributed by atoms with Gasteiger partial charge in [-0.15, -0.1) is 0 Å². The molecular formula is C13H17NO5S. The number of phenols is 1. The van der Waals surface area contributed by atoms with Gasteiger partial charge in [0.25, 0.3) is 5.91 Å². The molecule has 0 spiro atoms. The minimum absolute atomic E-state index is 0.0141. The average molecular weight is 299 g/mol. The molecule has 1 unspecified atom stereocenters. The summed E-state index contributed by atoms with van der Waals surface area (Å²) in [5, 5.41) is 21.3. The molecule has 6 nitrogen and oxygen atoms in total. The van der Waals surface area contributed by atoms with Crippen LogP contribution >= 0.6 is 11.8 Å². The van der Waals surface area contributed by atoms with E-state index in [0.29, 0.717) is 12.2 Å². The molecule has 0 saturated heterocycles. The summed E-state index contributed by atoms with van der Waals surface area (Å²) in [6.45, 7) is 0. The molecule has 0 fully saturated rings. The fourth-order valence-corrected chi connectivity index (χ4v) is 2.07. The van der Waals surface area contributed by atoms with Crippen molar-refractivity contribution in [1.82, 2.24) is 5.32 Å². The molecule has 0 aromatic heterocycles. The maximum Gasteiger partial charge on any atom is 0.326 e. The number of nitrogens with one attached hydrogen (secondary N) is 1. The third-order valence-electron chi connectivity index (χ3n) is 2.68. The number of carbonyl (C=O) groups is 2. The number of thioether (sulfide) groups is 1. The second-order valence-electron chi connectivity index (χ2n) is 4.00. The lowest BCUT2D eigenvalue weighted by Crippen LogP contribution is -2.41. The van der Waals surface area contributed by atoms with Crippen LogP contribution in [0.1, 0.15) is 16.8 Å². The molecule has 1 aromatic carbocycles. The first-order valence-electron chi connectivity index (χ1n) is 5.89. The Morgan fingerprint density at radius 2 is 2.15 bits per heavy atom. The van der Waals surface area contributed by atoms with Gasteiger partial charge in [0.15, 0.2) is 11.5 Å². The molecule has 0 radical (unpaired) electrons. The third-order valence-corrected chi connectivity index (χ3v) is 3.32. The SMILES string of the molecule is COc1cccc(C(=O)NC(CCSC)C(=O)O)c1O. The van der Waals surface area contributed by atoms with Crippen LogP contribution in [0, 0.1) is 0 Å². The van der Waals surface area contributed by atoms with E-state index in [1.807, 2.05) is 6.26 Å². The molecule has 0 aliphatic rings. The molecule has 20 heavy (non-hydrogen) atoms. The topological polar surface area (TPSA) is 95.9 Å². The largest absolute Gasteiger partial charge is 0.504 e. The first-order chi connectivity index (χ1) is 9.51. The lowest BCUT2D eigenvalue weighted by atomic mass is 10.1. The van der Waals surface area contributed by atoms with E-state index in [4.69, 9.17) is 9.84 Å². The van der Waals surface area contributed by atoms with Gasteiger partial charge >= 0.3 is 5.97 Å². The number of ether oxygens (including phenoxy) is 1. The van der Waals surface area contributed by atoms with Crippen LogP contribution < -0.4 is 10.1 Å². The van der Waals surface area contributed by atoms with E-state index in [1.54, 1.807) is 6.07 Å². The highest BCUT2D eigenvalue weighted by molar-refractivity contribution is 7.98. The van der Waals surface area contributed by atoms with Gasteiger partial charge in [-0.1, -0.05) is 6.07 Å². The van der Waals surface area contributed by atoms with Crippen molar-refractivity contribution in [1.29, 1.82) is 0 Å². The van der Waals surface area contributed by atoms with Crippen molar-refractivity contribution in [3.63, 3.8) is 0 Å². The Morgan fingerprint density at radius 1 is 1.45 bits per heavy atom. The third kappa shape index (κ3) is 4.06. The zero-order valence-electron chi connectivity index (χ0n) is 11.3.